The topological polar surface area (TPSA) is 32.3 Å². The number of hydrogen-bond acceptors (Lipinski definition) is 2. The van der Waals surface area contributed by atoms with Crippen molar-refractivity contribution in [2.75, 3.05) is 20.6 Å². The van der Waals surface area contributed by atoms with Crippen molar-refractivity contribution < 1.29 is 4.79 Å². The van der Waals surface area contributed by atoms with Crippen molar-refractivity contribution in [3.05, 3.63) is 33.3 Å². The second kappa shape index (κ2) is 6.38. The van der Waals surface area contributed by atoms with Gasteiger partial charge in [0.25, 0.3) is 5.91 Å². The van der Waals surface area contributed by atoms with Crippen LogP contribution in [0.2, 0.25) is 5.02 Å². The van der Waals surface area contributed by atoms with Crippen LogP contribution < -0.4 is 5.32 Å². The fraction of sp³-hybridized carbons (Fsp3) is 0.417. The van der Waals surface area contributed by atoms with Crippen LogP contribution in [0.15, 0.2) is 22.7 Å². The highest BCUT2D eigenvalue weighted by Gasteiger charge is 2.10. The average molecular weight is 320 g/mol. The summed E-state index contributed by atoms with van der Waals surface area (Å²) in [6, 6.07) is 5.44. The van der Waals surface area contributed by atoms with Crippen LogP contribution in [0, 0.1) is 0 Å². The zero-order chi connectivity index (χ0) is 13.0. The Labute approximate surface area is 115 Å². The van der Waals surface area contributed by atoms with E-state index >= 15 is 0 Å². The highest BCUT2D eigenvalue weighted by atomic mass is 79.9. The lowest BCUT2D eigenvalue weighted by molar-refractivity contribution is 0.0943. The molecule has 0 aromatic heterocycles. The van der Waals surface area contributed by atoms with Gasteiger partial charge in [-0.15, -0.1) is 0 Å². The third kappa shape index (κ3) is 4.30. The van der Waals surface area contributed by atoms with Crippen molar-refractivity contribution in [3.63, 3.8) is 0 Å². The van der Waals surface area contributed by atoms with Crippen molar-refractivity contribution in [2.24, 2.45) is 0 Å². The van der Waals surface area contributed by atoms with Crippen LogP contribution >= 0.6 is 27.5 Å². The zero-order valence-corrected chi connectivity index (χ0v) is 12.5. The number of benzene rings is 1. The van der Waals surface area contributed by atoms with Gasteiger partial charge in [-0.25, -0.2) is 0 Å². The van der Waals surface area contributed by atoms with Gasteiger partial charge in [0.1, 0.15) is 0 Å². The zero-order valence-electron chi connectivity index (χ0n) is 10.1. The van der Waals surface area contributed by atoms with Crippen LogP contribution in [-0.2, 0) is 0 Å². The molecule has 1 aromatic carbocycles. The van der Waals surface area contributed by atoms with E-state index in [0.717, 1.165) is 4.47 Å². The molecule has 1 aromatic rings. The van der Waals surface area contributed by atoms with Gasteiger partial charge in [-0.2, -0.15) is 0 Å². The molecule has 5 heteroatoms. The largest absolute Gasteiger partial charge is 0.350 e. The van der Waals surface area contributed by atoms with Gasteiger partial charge in [0.2, 0.25) is 0 Å². The van der Waals surface area contributed by atoms with E-state index in [1.54, 1.807) is 18.2 Å². The van der Waals surface area contributed by atoms with Crippen molar-refractivity contribution in [1.29, 1.82) is 0 Å². The number of carbonyl (C=O) groups is 1. The molecule has 1 unspecified atom stereocenters. The fourth-order valence-corrected chi connectivity index (χ4v) is 1.66. The van der Waals surface area contributed by atoms with Gasteiger partial charge in [-0.1, -0.05) is 11.6 Å². The van der Waals surface area contributed by atoms with E-state index in [1.165, 1.54) is 0 Å². The summed E-state index contributed by atoms with van der Waals surface area (Å²) in [6.07, 6.45) is 0. The summed E-state index contributed by atoms with van der Waals surface area (Å²) in [5.74, 6) is -0.0870. The first-order chi connectivity index (χ1) is 7.91. The Balaban J connectivity index is 2.61. The van der Waals surface area contributed by atoms with E-state index in [9.17, 15) is 4.79 Å². The number of likely N-dealkylation sites (N-methyl/N-ethyl adjacent to an activating group) is 1. The summed E-state index contributed by atoms with van der Waals surface area (Å²) >= 11 is 9.17. The number of carbonyl (C=O) groups excluding carboxylic acids is 1. The first-order valence-corrected chi connectivity index (χ1v) is 6.48. The first-order valence-electron chi connectivity index (χ1n) is 5.31. The molecule has 0 aliphatic carbocycles. The van der Waals surface area contributed by atoms with Gasteiger partial charge < -0.3 is 10.2 Å². The molecule has 0 bridgehead atoms. The Morgan fingerprint density at radius 2 is 2.18 bits per heavy atom. The maximum Gasteiger partial charge on any atom is 0.251 e. The third-order valence-electron chi connectivity index (χ3n) is 2.62. The highest BCUT2D eigenvalue weighted by molar-refractivity contribution is 9.10. The molecule has 0 radical (unpaired) electrons. The Kier molecular flexibility index (Phi) is 5.43. The molecule has 0 heterocycles. The average Bonchev–Trinajstić information content (AvgIpc) is 2.28. The number of nitrogens with zero attached hydrogens (tertiary/aromatic N) is 1. The van der Waals surface area contributed by atoms with Crippen molar-refractivity contribution in [1.82, 2.24) is 10.2 Å². The van der Waals surface area contributed by atoms with Crippen LogP contribution in [0.3, 0.4) is 0 Å². The quantitative estimate of drug-likeness (QED) is 0.925. The molecule has 3 nitrogen and oxygen atoms in total. The van der Waals surface area contributed by atoms with E-state index in [-0.39, 0.29) is 5.91 Å². The van der Waals surface area contributed by atoms with Crippen LogP contribution in [0.25, 0.3) is 0 Å². The fourth-order valence-electron chi connectivity index (χ4n) is 1.16. The Hall–Kier alpha value is -0.580. The number of rotatable bonds is 4. The van der Waals surface area contributed by atoms with Gasteiger partial charge in [0, 0.05) is 22.6 Å². The molecule has 1 N–H and O–H groups in total. The Morgan fingerprint density at radius 1 is 1.53 bits per heavy atom. The molecule has 1 atom stereocenters. The van der Waals surface area contributed by atoms with Gasteiger partial charge in [-0.3, -0.25) is 4.79 Å². The maximum absolute atomic E-state index is 11.8. The lowest BCUT2D eigenvalue weighted by Gasteiger charge is -2.20. The lowest BCUT2D eigenvalue weighted by atomic mass is 10.2. The monoisotopic (exact) mass is 318 g/mol. The molecule has 17 heavy (non-hydrogen) atoms. The second-order valence-corrected chi connectivity index (χ2v) is 5.41. The number of amides is 1. The summed E-state index contributed by atoms with van der Waals surface area (Å²) in [6.45, 7) is 2.67. The van der Waals surface area contributed by atoms with Crippen molar-refractivity contribution >= 4 is 33.4 Å². The summed E-state index contributed by atoms with van der Waals surface area (Å²) < 4.78 is 0.729. The number of halogens is 2. The van der Waals surface area contributed by atoms with E-state index in [1.807, 2.05) is 14.1 Å². The Bertz CT molecular complexity index is 409. The minimum Gasteiger partial charge on any atom is -0.350 e. The highest BCUT2D eigenvalue weighted by Crippen LogP contribution is 2.23. The summed E-state index contributed by atoms with van der Waals surface area (Å²) in [5, 5.41) is 3.48. The van der Waals surface area contributed by atoms with E-state index in [2.05, 4.69) is 33.1 Å². The van der Waals surface area contributed by atoms with E-state index in [4.69, 9.17) is 11.6 Å². The van der Waals surface area contributed by atoms with Crippen molar-refractivity contribution in [2.45, 2.75) is 13.0 Å². The summed E-state index contributed by atoms with van der Waals surface area (Å²) in [4.78, 5) is 13.9. The minimum atomic E-state index is -0.0870. The van der Waals surface area contributed by atoms with Crippen LogP contribution in [0.4, 0.5) is 0 Å². The van der Waals surface area contributed by atoms with Gasteiger partial charge >= 0.3 is 0 Å². The van der Waals surface area contributed by atoms with E-state index < -0.39 is 0 Å². The molecule has 0 fully saturated rings. The standard InChI is InChI=1S/C12H16BrClN2O/c1-8(16(2)3)7-15-12(17)9-4-5-11(14)10(13)6-9/h4-6,8H,7H2,1-3H3,(H,15,17). The summed E-state index contributed by atoms with van der Waals surface area (Å²) in [7, 11) is 3.96. The number of nitrogens with one attached hydrogen (secondary N) is 1. The van der Waals surface area contributed by atoms with Crippen LogP contribution in [0.1, 0.15) is 17.3 Å². The molecule has 0 saturated carbocycles. The normalized spacial score (nSPS) is 12.6. The maximum atomic E-state index is 11.8. The molecule has 1 amide bonds. The lowest BCUT2D eigenvalue weighted by Crippen LogP contribution is -2.38. The molecule has 0 saturated heterocycles. The third-order valence-corrected chi connectivity index (χ3v) is 3.84. The van der Waals surface area contributed by atoms with E-state index in [0.29, 0.717) is 23.2 Å². The van der Waals surface area contributed by atoms with Crippen molar-refractivity contribution in [3.8, 4) is 0 Å². The van der Waals surface area contributed by atoms with Gasteiger partial charge in [0.05, 0.1) is 5.02 Å². The van der Waals surface area contributed by atoms with Gasteiger partial charge in [0.15, 0.2) is 0 Å². The molecule has 1 rings (SSSR count). The van der Waals surface area contributed by atoms with Crippen LogP contribution in [0.5, 0.6) is 0 Å². The molecule has 94 valence electrons. The van der Waals surface area contributed by atoms with Crippen LogP contribution in [-0.4, -0.2) is 37.5 Å². The molecular formula is C12H16BrClN2O. The predicted octanol–water partition coefficient (Wildman–Crippen LogP) is 2.78. The Morgan fingerprint density at radius 3 is 2.71 bits per heavy atom. The molecule has 0 spiro atoms. The molecular weight excluding hydrogens is 304 g/mol. The summed E-state index contributed by atoms with van der Waals surface area (Å²) in [5.41, 5.74) is 0.604. The minimum absolute atomic E-state index is 0.0870. The first kappa shape index (κ1) is 14.5. The predicted molar refractivity (Wildman–Crippen MR) is 74.6 cm³/mol. The van der Waals surface area contributed by atoms with Gasteiger partial charge in [-0.05, 0) is 55.1 Å². The second-order valence-electron chi connectivity index (χ2n) is 4.15. The molecule has 0 aliphatic heterocycles. The molecule has 0 aliphatic rings. The smallest absolute Gasteiger partial charge is 0.251 e. The number of hydrogen-bond donors (Lipinski definition) is 1. The SMILES string of the molecule is CC(CNC(=O)c1ccc(Cl)c(Br)c1)N(C)C.